The van der Waals surface area contributed by atoms with Gasteiger partial charge in [0, 0.05) is 44.2 Å². The summed E-state index contributed by atoms with van der Waals surface area (Å²) in [5.41, 5.74) is 1.94. The Morgan fingerprint density at radius 2 is 2.00 bits per heavy atom. The number of amides is 1. The number of aromatic nitrogens is 3. The van der Waals surface area contributed by atoms with Gasteiger partial charge < -0.3 is 15.0 Å². The molecular formula is C18H23N5O2. The van der Waals surface area contributed by atoms with Crippen molar-refractivity contribution in [2.75, 3.05) is 32.1 Å². The summed E-state index contributed by atoms with van der Waals surface area (Å²) in [6.45, 7) is 2.05. The van der Waals surface area contributed by atoms with Crippen LogP contribution in [0.25, 0.3) is 0 Å². The number of hydrogen-bond acceptors (Lipinski definition) is 6. The van der Waals surface area contributed by atoms with E-state index in [-0.39, 0.29) is 5.91 Å². The lowest BCUT2D eigenvalue weighted by molar-refractivity contribution is -0.133. The van der Waals surface area contributed by atoms with E-state index in [4.69, 9.17) is 4.74 Å². The number of nitrogens with one attached hydrogen (secondary N) is 1. The predicted octanol–water partition coefficient (Wildman–Crippen LogP) is 2.36. The van der Waals surface area contributed by atoms with Gasteiger partial charge in [-0.25, -0.2) is 9.97 Å². The zero-order chi connectivity index (χ0) is 17.5. The number of carbonyl (C=O) groups excluding carboxylic acids is 1. The lowest BCUT2D eigenvalue weighted by Crippen LogP contribution is -2.38. The average Bonchev–Trinajstić information content (AvgIpc) is 2.68. The summed E-state index contributed by atoms with van der Waals surface area (Å²) in [4.78, 5) is 26.8. The number of carbonyl (C=O) groups is 1. The molecular weight excluding hydrogens is 318 g/mol. The van der Waals surface area contributed by atoms with Gasteiger partial charge in [0.1, 0.15) is 0 Å². The highest BCUT2D eigenvalue weighted by Crippen LogP contribution is 2.27. The van der Waals surface area contributed by atoms with E-state index in [0.29, 0.717) is 24.9 Å². The van der Waals surface area contributed by atoms with Gasteiger partial charge in [-0.2, -0.15) is 0 Å². The fraction of sp³-hybridized carbons (Fsp3) is 0.444. The van der Waals surface area contributed by atoms with Gasteiger partial charge in [-0.3, -0.25) is 9.78 Å². The second-order valence-corrected chi connectivity index (χ2v) is 6.07. The Morgan fingerprint density at radius 1 is 1.24 bits per heavy atom. The van der Waals surface area contributed by atoms with E-state index in [2.05, 4.69) is 20.3 Å². The molecule has 25 heavy (non-hydrogen) atoms. The SMILES string of the molecule is COCCC(=O)N1CCC(c2ccc(Nc3ncccn3)cn2)CC1. The third-order valence-electron chi connectivity index (χ3n) is 4.39. The molecule has 2 aromatic rings. The minimum absolute atomic E-state index is 0.177. The largest absolute Gasteiger partial charge is 0.384 e. The van der Waals surface area contributed by atoms with E-state index in [1.165, 1.54) is 0 Å². The maximum absolute atomic E-state index is 12.0. The Kier molecular flexibility index (Phi) is 5.90. The summed E-state index contributed by atoms with van der Waals surface area (Å²) in [5, 5.41) is 3.13. The van der Waals surface area contributed by atoms with Crippen LogP contribution in [0.4, 0.5) is 11.6 Å². The van der Waals surface area contributed by atoms with Crippen molar-refractivity contribution < 1.29 is 9.53 Å². The fourth-order valence-corrected chi connectivity index (χ4v) is 2.99. The summed E-state index contributed by atoms with van der Waals surface area (Å²) in [7, 11) is 1.62. The lowest BCUT2D eigenvalue weighted by Gasteiger charge is -2.31. The number of pyridine rings is 1. The van der Waals surface area contributed by atoms with Crippen LogP contribution in [0.3, 0.4) is 0 Å². The van der Waals surface area contributed by atoms with Crippen LogP contribution in [0.15, 0.2) is 36.8 Å². The van der Waals surface area contributed by atoms with Gasteiger partial charge in [0.25, 0.3) is 0 Å². The minimum atomic E-state index is 0.177. The van der Waals surface area contributed by atoms with Crippen LogP contribution in [0, 0.1) is 0 Å². The smallest absolute Gasteiger partial charge is 0.227 e. The number of nitrogens with zero attached hydrogens (tertiary/aromatic N) is 4. The quantitative estimate of drug-likeness (QED) is 0.869. The standard InChI is InChI=1S/C18H23N5O2/c1-25-12-7-17(24)23-10-5-14(6-11-23)16-4-3-15(13-21-16)22-18-19-8-2-9-20-18/h2-4,8-9,13-14H,5-7,10-12H2,1H3,(H,19,20,22). The van der Waals surface area contributed by atoms with Crippen molar-refractivity contribution in [1.82, 2.24) is 19.9 Å². The first-order valence-corrected chi connectivity index (χ1v) is 8.53. The molecule has 7 heteroatoms. The van der Waals surface area contributed by atoms with E-state index < -0.39 is 0 Å². The molecule has 0 radical (unpaired) electrons. The van der Waals surface area contributed by atoms with Crippen molar-refractivity contribution in [1.29, 1.82) is 0 Å². The van der Waals surface area contributed by atoms with Crippen LogP contribution in [0.2, 0.25) is 0 Å². The molecule has 0 bridgehead atoms. The normalized spacial score (nSPS) is 15.2. The molecule has 1 fully saturated rings. The molecule has 0 atom stereocenters. The van der Waals surface area contributed by atoms with E-state index >= 15 is 0 Å². The van der Waals surface area contributed by atoms with Gasteiger partial charge >= 0.3 is 0 Å². The van der Waals surface area contributed by atoms with Crippen LogP contribution in [0.5, 0.6) is 0 Å². The second-order valence-electron chi connectivity index (χ2n) is 6.07. The van der Waals surface area contributed by atoms with Crippen molar-refractivity contribution in [3.05, 3.63) is 42.5 Å². The van der Waals surface area contributed by atoms with E-state index in [9.17, 15) is 4.79 Å². The molecule has 0 saturated carbocycles. The molecule has 132 valence electrons. The number of hydrogen-bond donors (Lipinski definition) is 1. The number of anilines is 2. The second kappa shape index (κ2) is 8.53. The summed E-state index contributed by atoms with van der Waals surface area (Å²) in [6.07, 6.45) is 7.54. The van der Waals surface area contributed by atoms with Gasteiger partial charge in [0.15, 0.2) is 0 Å². The molecule has 0 spiro atoms. The van der Waals surface area contributed by atoms with E-state index in [1.807, 2.05) is 23.2 Å². The monoisotopic (exact) mass is 341 g/mol. The van der Waals surface area contributed by atoms with Crippen LogP contribution >= 0.6 is 0 Å². The van der Waals surface area contributed by atoms with Crippen LogP contribution in [-0.4, -0.2) is 52.6 Å². The minimum Gasteiger partial charge on any atom is -0.384 e. The number of piperidine rings is 1. The van der Waals surface area contributed by atoms with Crippen LogP contribution < -0.4 is 5.32 Å². The number of rotatable bonds is 6. The highest BCUT2D eigenvalue weighted by atomic mass is 16.5. The van der Waals surface area contributed by atoms with Gasteiger partial charge in [-0.1, -0.05) is 0 Å². The first-order chi connectivity index (χ1) is 12.3. The third-order valence-corrected chi connectivity index (χ3v) is 4.39. The zero-order valence-electron chi connectivity index (χ0n) is 14.4. The maximum Gasteiger partial charge on any atom is 0.227 e. The molecule has 1 amide bonds. The molecule has 0 aromatic carbocycles. The van der Waals surface area contributed by atoms with Gasteiger partial charge in [-0.05, 0) is 31.0 Å². The number of methoxy groups -OCH3 is 1. The molecule has 0 aliphatic carbocycles. The highest BCUT2D eigenvalue weighted by Gasteiger charge is 2.24. The highest BCUT2D eigenvalue weighted by molar-refractivity contribution is 5.76. The Balaban J connectivity index is 1.52. The first kappa shape index (κ1) is 17.3. The molecule has 3 heterocycles. The predicted molar refractivity (Wildman–Crippen MR) is 94.6 cm³/mol. The Bertz CT molecular complexity index is 670. The average molecular weight is 341 g/mol. The summed E-state index contributed by atoms with van der Waals surface area (Å²) >= 11 is 0. The third kappa shape index (κ3) is 4.73. The van der Waals surface area contributed by atoms with Gasteiger partial charge in [-0.15, -0.1) is 0 Å². The van der Waals surface area contributed by atoms with Crippen LogP contribution in [0.1, 0.15) is 30.9 Å². The molecule has 2 aromatic heterocycles. The van der Waals surface area contributed by atoms with Crippen molar-refractivity contribution in [3.63, 3.8) is 0 Å². The van der Waals surface area contributed by atoms with Crippen molar-refractivity contribution >= 4 is 17.5 Å². The molecule has 1 N–H and O–H groups in total. The van der Waals surface area contributed by atoms with Crippen molar-refractivity contribution in [3.8, 4) is 0 Å². The molecule has 1 aliphatic rings. The van der Waals surface area contributed by atoms with Gasteiger partial charge in [0.05, 0.1) is 24.9 Å². The molecule has 3 rings (SSSR count). The topological polar surface area (TPSA) is 80.2 Å². The van der Waals surface area contributed by atoms with Crippen molar-refractivity contribution in [2.45, 2.75) is 25.2 Å². The lowest BCUT2D eigenvalue weighted by atomic mass is 9.93. The van der Waals surface area contributed by atoms with E-state index in [0.717, 1.165) is 37.3 Å². The van der Waals surface area contributed by atoms with Crippen molar-refractivity contribution in [2.24, 2.45) is 0 Å². The number of likely N-dealkylation sites (tertiary alicyclic amines) is 1. The number of ether oxygens (including phenoxy) is 1. The maximum atomic E-state index is 12.0. The zero-order valence-corrected chi connectivity index (χ0v) is 14.4. The van der Waals surface area contributed by atoms with E-state index in [1.54, 1.807) is 25.6 Å². The molecule has 1 saturated heterocycles. The van der Waals surface area contributed by atoms with Gasteiger partial charge in [0.2, 0.25) is 11.9 Å². The Hall–Kier alpha value is -2.54. The first-order valence-electron chi connectivity index (χ1n) is 8.53. The summed E-state index contributed by atoms with van der Waals surface area (Å²) in [6, 6.07) is 5.81. The van der Waals surface area contributed by atoms with Crippen LogP contribution in [-0.2, 0) is 9.53 Å². The molecule has 0 unspecified atom stereocenters. The summed E-state index contributed by atoms with van der Waals surface area (Å²) < 4.78 is 4.98. The summed E-state index contributed by atoms with van der Waals surface area (Å²) in [5.74, 6) is 1.13. The Morgan fingerprint density at radius 3 is 2.64 bits per heavy atom. The molecule has 1 aliphatic heterocycles. The Labute approximate surface area is 147 Å². The molecule has 7 nitrogen and oxygen atoms in total. The fourth-order valence-electron chi connectivity index (χ4n) is 2.99.